The molecule has 0 spiro atoms. The van der Waals surface area contributed by atoms with Crippen LogP contribution in [0.2, 0.25) is 10.0 Å². The summed E-state index contributed by atoms with van der Waals surface area (Å²) < 4.78 is 31.1. The maximum atomic E-state index is 12.8. The molecular formula is C18H18Cl2N2O4S. The second-order valence-electron chi connectivity index (χ2n) is 6.14. The number of ether oxygens (including phenoxy) is 1. The Labute approximate surface area is 168 Å². The fraction of sp³-hybridized carbons (Fsp3) is 0.278. The maximum absolute atomic E-state index is 12.8. The number of hydrogen-bond donors (Lipinski definition) is 0. The number of carbonyl (C=O) groups excluding carboxylic acids is 1. The van der Waals surface area contributed by atoms with Gasteiger partial charge in [-0.05, 0) is 29.8 Å². The Morgan fingerprint density at radius 3 is 2.63 bits per heavy atom. The molecule has 2 aromatic carbocycles. The molecule has 0 fully saturated rings. The predicted octanol–water partition coefficient (Wildman–Crippen LogP) is 3.18. The van der Waals surface area contributed by atoms with Gasteiger partial charge in [0.05, 0.1) is 35.1 Å². The molecule has 0 saturated carbocycles. The van der Waals surface area contributed by atoms with Gasteiger partial charge in [-0.3, -0.25) is 4.79 Å². The van der Waals surface area contributed by atoms with E-state index < -0.39 is 10.0 Å². The normalized spacial score (nSPS) is 14.0. The van der Waals surface area contributed by atoms with Crippen LogP contribution in [0, 0.1) is 0 Å². The molecule has 144 valence electrons. The molecule has 0 radical (unpaired) electrons. The van der Waals surface area contributed by atoms with Crippen molar-refractivity contribution < 1.29 is 17.9 Å². The van der Waals surface area contributed by atoms with Crippen molar-refractivity contribution in [3.05, 3.63) is 58.1 Å². The van der Waals surface area contributed by atoms with E-state index in [4.69, 9.17) is 27.9 Å². The zero-order chi connectivity index (χ0) is 19.6. The summed E-state index contributed by atoms with van der Waals surface area (Å²) in [5.74, 6) is 0.281. The Hall–Kier alpha value is -1.80. The highest BCUT2D eigenvalue weighted by atomic mass is 35.5. The third kappa shape index (κ3) is 4.73. The molecule has 2 aromatic rings. The van der Waals surface area contributed by atoms with Crippen LogP contribution in [0.3, 0.4) is 0 Å². The van der Waals surface area contributed by atoms with Crippen molar-refractivity contribution in [2.75, 3.05) is 30.9 Å². The number of sulfonamides is 1. The van der Waals surface area contributed by atoms with Crippen LogP contribution in [0.4, 0.5) is 5.69 Å². The Balaban J connectivity index is 1.81. The molecule has 0 aromatic heterocycles. The third-order valence-electron chi connectivity index (χ3n) is 4.15. The standard InChI is InChI=1S/C18H18Cl2N2O4S/c1-27(24,25)21(11-13-6-7-14(19)15(20)10-13)12-18(23)22-8-9-26-17-5-3-2-4-16(17)22/h2-7,10H,8-9,11-12H2,1H3. The molecule has 3 rings (SSSR count). The Bertz CT molecular complexity index is 966. The number of amides is 1. The molecule has 0 unspecified atom stereocenters. The molecule has 0 saturated heterocycles. The summed E-state index contributed by atoms with van der Waals surface area (Å²) >= 11 is 11.9. The van der Waals surface area contributed by atoms with Gasteiger partial charge in [-0.2, -0.15) is 4.31 Å². The fourth-order valence-electron chi connectivity index (χ4n) is 2.80. The van der Waals surface area contributed by atoms with Crippen molar-refractivity contribution in [3.8, 4) is 5.75 Å². The molecular weight excluding hydrogens is 411 g/mol. The fourth-order valence-corrected chi connectivity index (χ4v) is 3.85. The molecule has 0 aliphatic carbocycles. The molecule has 1 aliphatic rings. The Kier molecular flexibility index (Phi) is 5.95. The summed E-state index contributed by atoms with van der Waals surface area (Å²) in [6, 6.07) is 12.0. The summed E-state index contributed by atoms with van der Waals surface area (Å²) in [7, 11) is -3.62. The highest BCUT2D eigenvalue weighted by Gasteiger charge is 2.28. The smallest absolute Gasteiger partial charge is 0.242 e. The first kappa shape index (κ1) is 19.9. The molecule has 27 heavy (non-hydrogen) atoms. The quantitative estimate of drug-likeness (QED) is 0.733. The average molecular weight is 429 g/mol. The third-order valence-corrected chi connectivity index (χ3v) is 6.09. The molecule has 1 aliphatic heterocycles. The van der Waals surface area contributed by atoms with Gasteiger partial charge in [0, 0.05) is 6.54 Å². The first-order valence-corrected chi connectivity index (χ1v) is 10.8. The van der Waals surface area contributed by atoms with Crippen LogP contribution < -0.4 is 9.64 Å². The van der Waals surface area contributed by atoms with E-state index in [1.165, 1.54) is 0 Å². The van der Waals surface area contributed by atoms with Gasteiger partial charge >= 0.3 is 0 Å². The molecule has 1 heterocycles. The second-order valence-corrected chi connectivity index (χ2v) is 8.94. The highest BCUT2D eigenvalue weighted by Crippen LogP contribution is 2.31. The van der Waals surface area contributed by atoms with E-state index in [1.807, 2.05) is 6.07 Å². The number of rotatable bonds is 5. The van der Waals surface area contributed by atoms with E-state index >= 15 is 0 Å². The van der Waals surface area contributed by atoms with E-state index in [0.717, 1.165) is 10.6 Å². The van der Waals surface area contributed by atoms with Crippen molar-refractivity contribution in [2.24, 2.45) is 0 Å². The molecule has 0 N–H and O–H groups in total. The van der Waals surface area contributed by atoms with Crippen LogP contribution in [-0.4, -0.2) is 44.6 Å². The number of halogens is 2. The average Bonchev–Trinajstić information content (AvgIpc) is 2.63. The molecule has 0 atom stereocenters. The summed E-state index contributed by atoms with van der Waals surface area (Å²) in [6.07, 6.45) is 1.07. The van der Waals surface area contributed by atoms with Crippen molar-refractivity contribution in [1.82, 2.24) is 4.31 Å². The molecule has 9 heteroatoms. The lowest BCUT2D eigenvalue weighted by atomic mass is 10.2. The number of carbonyl (C=O) groups is 1. The lowest BCUT2D eigenvalue weighted by Crippen LogP contribution is -2.45. The summed E-state index contributed by atoms with van der Waals surface area (Å²) in [5.41, 5.74) is 1.28. The first-order chi connectivity index (χ1) is 12.8. The minimum absolute atomic E-state index is 0.0213. The van der Waals surface area contributed by atoms with E-state index in [2.05, 4.69) is 0 Å². The Morgan fingerprint density at radius 2 is 1.93 bits per heavy atom. The van der Waals surface area contributed by atoms with Gasteiger partial charge in [-0.25, -0.2) is 8.42 Å². The lowest BCUT2D eigenvalue weighted by Gasteiger charge is -2.31. The molecule has 1 amide bonds. The van der Waals surface area contributed by atoms with Gasteiger partial charge in [0.25, 0.3) is 0 Å². The second kappa shape index (κ2) is 8.06. The Morgan fingerprint density at radius 1 is 1.19 bits per heavy atom. The lowest BCUT2D eigenvalue weighted by molar-refractivity contribution is -0.119. The predicted molar refractivity (Wildman–Crippen MR) is 106 cm³/mol. The van der Waals surface area contributed by atoms with E-state index in [9.17, 15) is 13.2 Å². The van der Waals surface area contributed by atoms with Crippen molar-refractivity contribution in [2.45, 2.75) is 6.54 Å². The van der Waals surface area contributed by atoms with Crippen LogP contribution in [0.5, 0.6) is 5.75 Å². The largest absolute Gasteiger partial charge is 0.490 e. The number of benzene rings is 2. The van der Waals surface area contributed by atoms with Gasteiger partial charge in [-0.1, -0.05) is 41.4 Å². The maximum Gasteiger partial charge on any atom is 0.242 e. The zero-order valence-electron chi connectivity index (χ0n) is 14.6. The van der Waals surface area contributed by atoms with Gasteiger partial charge in [0.15, 0.2) is 0 Å². The van der Waals surface area contributed by atoms with Crippen LogP contribution in [0.15, 0.2) is 42.5 Å². The number of anilines is 1. The summed E-state index contributed by atoms with van der Waals surface area (Å²) in [4.78, 5) is 14.4. The van der Waals surface area contributed by atoms with Gasteiger partial charge < -0.3 is 9.64 Å². The topological polar surface area (TPSA) is 66.9 Å². The zero-order valence-corrected chi connectivity index (χ0v) is 16.9. The van der Waals surface area contributed by atoms with Gasteiger partial charge in [0.2, 0.25) is 15.9 Å². The van der Waals surface area contributed by atoms with E-state index in [0.29, 0.717) is 40.2 Å². The van der Waals surface area contributed by atoms with Gasteiger partial charge in [0.1, 0.15) is 12.4 Å². The van der Waals surface area contributed by atoms with E-state index in [1.54, 1.807) is 41.3 Å². The van der Waals surface area contributed by atoms with Crippen LogP contribution in [-0.2, 0) is 21.4 Å². The van der Waals surface area contributed by atoms with Gasteiger partial charge in [-0.15, -0.1) is 0 Å². The number of hydrogen-bond acceptors (Lipinski definition) is 4. The van der Waals surface area contributed by atoms with Crippen LogP contribution in [0.1, 0.15) is 5.56 Å². The van der Waals surface area contributed by atoms with Crippen molar-refractivity contribution in [1.29, 1.82) is 0 Å². The SMILES string of the molecule is CS(=O)(=O)N(CC(=O)N1CCOc2ccccc21)Cc1ccc(Cl)c(Cl)c1. The number of para-hydroxylation sites is 2. The van der Waals surface area contributed by atoms with Crippen molar-refractivity contribution >= 4 is 44.8 Å². The monoisotopic (exact) mass is 428 g/mol. The molecule has 6 nitrogen and oxygen atoms in total. The summed E-state index contributed by atoms with van der Waals surface area (Å²) in [6.45, 7) is 0.454. The van der Waals surface area contributed by atoms with Crippen molar-refractivity contribution in [3.63, 3.8) is 0 Å². The number of fused-ring (bicyclic) bond motifs is 1. The highest BCUT2D eigenvalue weighted by molar-refractivity contribution is 7.88. The first-order valence-electron chi connectivity index (χ1n) is 8.17. The summed E-state index contributed by atoms with van der Waals surface area (Å²) in [5, 5.41) is 0.711. The molecule has 0 bridgehead atoms. The number of nitrogens with zero attached hydrogens (tertiary/aromatic N) is 2. The minimum Gasteiger partial charge on any atom is -0.490 e. The van der Waals surface area contributed by atoms with E-state index in [-0.39, 0.29) is 19.0 Å². The minimum atomic E-state index is -3.62. The van der Waals surface area contributed by atoms with Crippen LogP contribution in [0.25, 0.3) is 0 Å². The van der Waals surface area contributed by atoms with Crippen LogP contribution >= 0.6 is 23.2 Å².